The summed E-state index contributed by atoms with van der Waals surface area (Å²) in [5, 5.41) is 0. The Kier molecular flexibility index (Phi) is 13.8. The van der Waals surface area contributed by atoms with Gasteiger partial charge in [0.25, 0.3) is 0 Å². The van der Waals surface area contributed by atoms with Crippen LogP contribution in [-0.2, 0) is 9.53 Å². The average Bonchev–Trinajstić information content (AvgIpc) is 2.67. The van der Waals surface area contributed by atoms with Crippen LogP contribution in [0.3, 0.4) is 0 Å². The molecule has 2 nitrogen and oxygen atoms in total. The van der Waals surface area contributed by atoms with E-state index in [1.54, 1.807) is 0 Å². The third kappa shape index (κ3) is 14.3. The molecule has 0 aromatic heterocycles. The summed E-state index contributed by atoms with van der Waals surface area (Å²) in [7, 11) is 0. The molecular formula is C27H46O2. The third-order valence-electron chi connectivity index (χ3n) is 6.00. The van der Waals surface area contributed by atoms with E-state index in [4.69, 9.17) is 4.74 Å². The molecule has 0 saturated heterocycles. The largest absolute Gasteiger partial charge is 0.463 e. The maximum absolute atomic E-state index is 12.1. The molecule has 2 heteroatoms. The molecule has 1 rings (SSSR count). The van der Waals surface area contributed by atoms with Gasteiger partial charge in [-0.05, 0) is 85.5 Å². The zero-order valence-electron chi connectivity index (χ0n) is 19.9. The van der Waals surface area contributed by atoms with Crippen molar-refractivity contribution in [3.05, 3.63) is 34.9 Å². The van der Waals surface area contributed by atoms with Crippen LogP contribution < -0.4 is 0 Å². The predicted octanol–water partition coefficient (Wildman–Crippen LogP) is 8.48. The lowest BCUT2D eigenvalue weighted by Crippen LogP contribution is -2.16. The fourth-order valence-electron chi connectivity index (χ4n) is 4.04. The molecule has 29 heavy (non-hydrogen) atoms. The van der Waals surface area contributed by atoms with Crippen molar-refractivity contribution in [2.45, 2.75) is 124 Å². The van der Waals surface area contributed by atoms with Gasteiger partial charge in [-0.1, -0.05) is 67.1 Å². The number of carbonyl (C=O) groups excluding carboxylic acids is 1. The molecule has 1 aliphatic carbocycles. The van der Waals surface area contributed by atoms with Gasteiger partial charge in [0.2, 0.25) is 0 Å². The lowest BCUT2D eigenvalue weighted by Gasteiger charge is -2.21. The van der Waals surface area contributed by atoms with Gasteiger partial charge in [0.1, 0.15) is 0 Å². The van der Waals surface area contributed by atoms with Gasteiger partial charge in [0.15, 0.2) is 0 Å². The molecular weight excluding hydrogens is 356 g/mol. The highest BCUT2D eigenvalue weighted by molar-refractivity contribution is 5.69. The van der Waals surface area contributed by atoms with Crippen LogP contribution in [0, 0.1) is 5.92 Å². The molecule has 1 unspecified atom stereocenters. The smallest absolute Gasteiger partial charge is 0.306 e. The number of ether oxygens (including phenoxy) is 1. The molecule has 0 aromatic carbocycles. The molecule has 0 spiro atoms. The first-order chi connectivity index (χ1) is 13.9. The molecule has 1 atom stereocenters. The van der Waals surface area contributed by atoms with Gasteiger partial charge >= 0.3 is 5.97 Å². The number of allylic oxidation sites excluding steroid dienone is 6. The van der Waals surface area contributed by atoms with Crippen molar-refractivity contribution in [3.63, 3.8) is 0 Å². The van der Waals surface area contributed by atoms with Gasteiger partial charge < -0.3 is 4.74 Å². The van der Waals surface area contributed by atoms with E-state index < -0.39 is 0 Å². The van der Waals surface area contributed by atoms with Crippen LogP contribution >= 0.6 is 0 Å². The Labute approximate surface area is 180 Å². The van der Waals surface area contributed by atoms with Crippen molar-refractivity contribution in [2.75, 3.05) is 0 Å². The summed E-state index contributed by atoms with van der Waals surface area (Å²) in [6.45, 7) is 10.8. The summed E-state index contributed by atoms with van der Waals surface area (Å²) < 4.78 is 5.61. The molecule has 0 heterocycles. The quantitative estimate of drug-likeness (QED) is 0.228. The predicted molar refractivity (Wildman–Crippen MR) is 126 cm³/mol. The molecule has 166 valence electrons. The standard InChI is InChI=1S/C27H46O2/c1-22(2)12-9-13-23(3)14-10-15-24(4)16-11-17-25(5)29-27(28)21-20-26-18-7-6-8-19-26/h12,14,16,25-26H,6-11,13,15,17-21H2,1-5H3/b23-14+,24-16+. The molecule has 1 fully saturated rings. The molecule has 0 aliphatic heterocycles. The minimum absolute atomic E-state index is 0.00232. The van der Waals surface area contributed by atoms with Crippen LogP contribution in [0.4, 0.5) is 0 Å². The van der Waals surface area contributed by atoms with E-state index in [-0.39, 0.29) is 12.1 Å². The summed E-state index contributed by atoms with van der Waals surface area (Å²) in [5.41, 5.74) is 4.33. The van der Waals surface area contributed by atoms with E-state index in [9.17, 15) is 4.79 Å². The Morgan fingerprint density at radius 2 is 1.45 bits per heavy atom. The highest BCUT2D eigenvalue weighted by Gasteiger charge is 2.16. The van der Waals surface area contributed by atoms with Crippen LogP contribution in [-0.4, -0.2) is 12.1 Å². The number of esters is 1. The molecule has 1 saturated carbocycles. The second-order valence-corrected chi connectivity index (χ2v) is 9.38. The molecule has 0 N–H and O–H groups in total. The van der Waals surface area contributed by atoms with Gasteiger partial charge in [-0.25, -0.2) is 0 Å². The summed E-state index contributed by atoms with van der Waals surface area (Å²) in [6.07, 6.45) is 21.8. The van der Waals surface area contributed by atoms with Gasteiger partial charge in [0.05, 0.1) is 6.10 Å². The van der Waals surface area contributed by atoms with Gasteiger partial charge in [-0.3, -0.25) is 4.79 Å². The van der Waals surface area contributed by atoms with Crippen molar-refractivity contribution in [1.82, 2.24) is 0 Å². The van der Waals surface area contributed by atoms with E-state index in [1.165, 1.54) is 48.8 Å². The first kappa shape index (κ1) is 25.7. The molecule has 0 amide bonds. The van der Waals surface area contributed by atoms with Crippen molar-refractivity contribution in [1.29, 1.82) is 0 Å². The van der Waals surface area contributed by atoms with Crippen LogP contribution in [0.5, 0.6) is 0 Å². The Balaban J connectivity index is 2.14. The van der Waals surface area contributed by atoms with Crippen LogP contribution in [0.15, 0.2) is 34.9 Å². The summed E-state index contributed by atoms with van der Waals surface area (Å²) in [6, 6.07) is 0. The normalized spacial score (nSPS) is 17.1. The average molecular weight is 403 g/mol. The van der Waals surface area contributed by atoms with Gasteiger partial charge in [-0.15, -0.1) is 0 Å². The maximum Gasteiger partial charge on any atom is 0.306 e. The Bertz CT molecular complexity index is 543. The van der Waals surface area contributed by atoms with Crippen LogP contribution in [0.2, 0.25) is 0 Å². The van der Waals surface area contributed by atoms with E-state index in [0.29, 0.717) is 6.42 Å². The SMILES string of the molecule is CC(C)=CCC/C(C)=C/CC/C(C)=C/CCC(C)OC(=O)CCC1CCCCC1. The van der Waals surface area contributed by atoms with Crippen molar-refractivity contribution in [2.24, 2.45) is 5.92 Å². The number of rotatable bonds is 13. The summed E-state index contributed by atoms with van der Waals surface area (Å²) in [5.74, 6) is 0.750. The van der Waals surface area contributed by atoms with E-state index in [1.807, 2.05) is 6.92 Å². The van der Waals surface area contributed by atoms with Crippen molar-refractivity contribution < 1.29 is 9.53 Å². The fraction of sp³-hybridized carbons (Fsp3) is 0.741. The second-order valence-electron chi connectivity index (χ2n) is 9.38. The van der Waals surface area contributed by atoms with Crippen molar-refractivity contribution in [3.8, 4) is 0 Å². The van der Waals surface area contributed by atoms with E-state index in [2.05, 4.69) is 45.9 Å². The first-order valence-electron chi connectivity index (χ1n) is 12.0. The van der Waals surface area contributed by atoms with Crippen LogP contribution in [0.25, 0.3) is 0 Å². The van der Waals surface area contributed by atoms with Gasteiger partial charge in [-0.2, -0.15) is 0 Å². The summed E-state index contributed by atoms with van der Waals surface area (Å²) >= 11 is 0. The fourth-order valence-corrected chi connectivity index (χ4v) is 4.04. The lowest BCUT2D eigenvalue weighted by atomic mass is 9.86. The Morgan fingerprint density at radius 3 is 2.07 bits per heavy atom. The highest BCUT2D eigenvalue weighted by atomic mass is 16.5. The highest BCUT2D eigenvalue weighted by Crippen LogP contribution is 2.27. The minimum atomic E-state index is -0.00232. The molecule has 0 radical (unpaired) electrons. The topological polar surface area (TPSA) is 26.3 Å². The first-order valence-corrected chi connectivity index (χ1v) is 12.0. The zero-order chi connectivity index (χ0) is 21.5. The Hall–Kier alpha value is -1.31. The summed E-state index contributed by atoms with van der Waals surface area (Å²) in [4.78, 5) is 12.1. The Morgan fingerprint density at radius 1 is 0.862 bits per heavy atom. The van der Waals surface area contributed by atoms with Crippen molar-refractivity contribution >= 4 is 5.97 Å². The van der Waals surface area contributed by atoms with Crippen LogP contribution in [0.1, 0.15) is 118 Å². The van der Waals surface area contributed by atoms with Gasteiger partial charge in [0, 0.05) is 6.42 Å². The van der Waals surface area contributed by atoms with E-state index in [0.717, 1.165) is 50.9 Å². The molecule has 0 bridgehead atoms. The number of hydrogen-bond acceptors (Lipinski definition) is 2. The molecule has 1 aliphatic rings. The number of carbonyl (C=O) groups is 1. The molecule has 0 aromatic rings. The maximum atomic E-state index is 12.1. The van der Waals surface area contributed by atoms with E-state index >= 15 is 0 Å². The monoisotopic (exact) mass is 402 g/mol. The number of hydrogen-bond donors (Lipinski definition) is 0. The zero-order valence-corrected chi connectivity index (χ0v) is 19.9. The third-order valence-corrected chi connectivity index (χ3v) is 6.00. The second kappa shape index (κ2) is 15.5. The lowest BCUT2D eigenvalue weighted by molar-refractivity contribution is -0.148. The minimum Gasteiger partial charge on any atom is -0.463 e.